The number of benzene rings is 4. The lowest BCUT2D eigenvalue weighted by Crippen LogP contribution is -2.16. The van der Waals surface area contributed by atoms with Crippen molar-refractivity contribution in [2.75, 3.05) is 4.90 Å². The lowest BCUT2D eigenvalue weighted by molar-refractivity contribution is 0.478. The molecule has 0 spiro atoms. The molecule has 0 fully saturated rings. The number of nitrogens with zero attached hydrogens (tertiary/aromatic N) is 1. The van der Waals surface area contributed by atoms with E-state index < -0.39 is 0 Å². The summed E-state index contributed by atoms with van der Waals surface area (Å²) >= 11 is 3.72. The van der Waals surface area contributed by atoms with Crippen molar-refractivity contribution in [3.05, 3.63) is 89.4 Å². The Morgan fingerprint density at radius 2 is 1.36 bits per heavy atom. The van der Waals surface area contributed by atoms with E-state index in [0.717, 1.165) is 33.0 Å². The van der Waals surface area contributed by atoms with Gasteiger partial charge in [0.05, 0.1) is 17.1 Å². The smallest absolute Gasteiger partial charge is 0.152 e. The zero-order valence-corrected chi connectivity index (χ0v) is 14.9. The maximum atomic E-state index is 6.22. The number of rotatable bonds is 1. The maximum absolute atomic E-state index is 6.22. The number of para-hydroxylation sites is 3. The Bertz CT molecular complexity index is 1090. The number of hydrogen-bond acceptors (Lipinski definition) is 2. The topological polar surface area (TPSA) is 12.5 Å². The highest BCUT2D eigenvalue weighted by Gasteiger charge is 2.28. The lowest BCUT2D eigenvalue weighted by atomic mass is 10.0. The Morgan fingerprint density at radius 3 is 2.24 bits per heavy atom. The van der Waals surface area contributed by atoms with Gasteiger partial charge in [-0.05, 0) is 51.6 Å². The Kier molecular flexibility index (Phi) is 3.28. The lowest BCUT2D eigenvalue weighted by Gasteiger charge is -2.34. The molecule has 1 aliphatic heterocycles. The molecule has 25 heavy (non-hydrogen) atoms. The SMILES string of the molecule is Brc1ccccc1N1c2ccccc2Oc2ccc3ccccc3c21. The summed E-state index contributed by atoms with van der Waals surface area (Å²) in [4.78, 5) is 2.28. The summed E-state index contributed by atoms with van der Waals surface area (Å²) in [5, 5.41) is 2.37. The Labute approximate surface area is 154 Å². The average molecular weight is 388 g/mol. The van der Waals surface area contributed by atoms with Crippen molar-refractivity contribution in [2.45, 2.75) is 0 Å². The van der Waals surface area contributed by atoms with Gasteiger partial charge < -0.3 is 9.64 Å². The predicted molar refractivity (Wildman–Crippen MR) is 106 cm³/mol. The molecule has 5 rings (SSSR count). The summed E-state index contributed by atoms with van der Waals surface area (Å²) in [5.74, 6) is 1.73. The largest absolute Gasteiger partial charge is 0.453 e. The molecule has 0 atom stereocenters. The maximum Gasteiger partial charge on any atom is 0.152 e. The van der Waals surface area contributed by atoms with Crippen molar-refractivity contribution in [1.82, 2.24) is 0 Å². The highest BCUT2D eigenvalue weighted by atomic mass is 79.9. The summed E-state index contributed by atoms with van der Waals surface area (Å²) in [6.45, 7) is 0. The van der Waals surface area contributed by atoms with E-state index in [2.05, 4.69) is 81.5 Å². The molecule has 0 aromatic heterocycles. The van der Waals surface area contributed by atoms with Crippen molar-refractivity contribution in [3.63, 3.8) is 0 Å². The minimum Gasteiger partial charge on any atom is -0.453 e. The van der Waals surface area contributed by atoms with E-state index in [-0.39, 0.29) is 0 Å². The molecule has 0 N–H and O–H groups in total. The first-order chi connectivity index (χ1) is 12.3. The van der Waals surface area contributed by atoms with Crippen LogP contribution in [0.3, 0.4) is 0 Å². The number of ether oxygens (including phenoxy) is 1. The van der Waals surface area contributed by atoms with Crippen LogP contribution >= 0.6 is 15.9 Å². The van der Waals surface area contributed by atoms with Gasteiger partial charge in [0.15, 0.2) is 11.5 Å². The molecule has 1 heterocycles. The molecule has 0 bridgehead atoms. The standard InChI is InChI=1S/C22H14BrNO/c23-17-9-3-4-10-18(17)24-19-11-5-6-12-20(19)25-21-14-13-15-7-1-2-8-16(15)22(21)24/h1-14H. The average Bonchev–Trinajstić information content (AvgIpc) is 2.67. The molecule has 0 unspecified atom stereocenters. The Morgan fingerprint density at radius 1 is 0.640 bits per heavy atom. The van der Waals surface area contributed by atoms with E-state index in [4.69, 9.17) is 4.74 Å². The summed E-state index contributed by atoms with van der Waals surface area (Å²) in [5.41, 5.74) is 3.21. The van der Waals surface area contributed by atoms with E-state index in [1.807, 2.05) is 24.3 Å². The molecule has 4 aromatic carbocycles. The molecule has 120 valence electrons. The van der Waals surface area contributed by atoms with E-state index in [1.165, 1.54) is 10.8 Å². The van der Waals surface area contributed by atoms with Gasteiger partial charge in [-0.2, -0.15) is 0 Å². The quantitative estimate of drug-likeness (QED) is 0.302. The van der Waals surface area contributed by atoms with E-state index >= 15 is 0 Å². The zero-order valence-electron chi connectivity index (χ0n) is 13.3. The molecular weight excluding hydrogens is 374 g/mol. The second-order valence-corrected chi connectivity index (χ2v) is 6.84. The van der Waals surface area contributed by atoms with Crippen LogP contribution < -0.4 is 9.64 Å². The fourth-order valence-corrected chi connectivity index (χ4v) is 3.86. The summed E-state index contributed by atoms with van der Waals surface area (Å²) in [7, 11) is 0. The van der Waals surface area contributed by atoms with E-state index in [1.54, 1.807) is 0 Å². The van der Waals surface area contributed by atoms with E-state index in [9.17, 15) is 0 Å². The van der Waals surface area contributed by atoms with Gasteiger partial charge >= 0.3 is 0 Å². The first-order valence-electron chi connectivity index (χ1n) is 8.16. The van der Waals surface area contributed by atoms with Crippen LogP contribution in [-0.4, -0.2) is 0 Å². The van der Waals surface area contributed by atoms with Crippen LogP contribution in [0.1, 0.15) is 0 Å². The highest BCUT2D eigenvalue weighted by Crippen LogP contribution is 2.53. The van der Waals surface area contributed by atoms with Crippen LogP contribution in [0.5, 0.6) is 11.5 Å². The predicted octanol–water partition coefficient (Wildman–Crippen LogP) is 7.18. The number of fused-ring (bicyclic) bond motifs is 4. The van der Waals surface area contributed by atoms with Crippen LogP contribution in [0.15, 0.2) is 89.4 Å². The van der Waals surface area contributed by atoms with Crippen LogP contribution in [-0.2, 0) is 0 Å². The van der Waals surface area contributed by atoms with Gasteiger partial charge in [0.1, 0.15) is 0 Å². The monoisotopic (exact) mass is 387 g/mol. The summed E-state index contributed by atoms with van der Waals surface area (Å²) in [6, 6.07) is 29.0. The number of hydrogen-bond donors (Lipinski definition) is 0. The number of halogens is 1. The highest BCUT2D eigenvalue weighted by molar-refractivity contribution is 9.10. The van der Waals surface area contributed by atoms with Crippen LogP contribution in [0, 0.1) is 0 Å². The molecule has 0 saturated carbocycles. The third-order valence-electron chi connectivity index (χ3n) is 4.51. The van der Waals surface area contributed by atoms with Gasteiger partial charge in [0, 0.05) is 9.86 Å². The molecular formula is C22H14BrNO. The van der Waals surface area contributed by atoms with Crippen LogP contribution in [0.4, 0.5) is 17.1 Å². The van der Waals surface area contributed by atoms with Gasteiger partial charge in [0.25, 0.3) is 0 Å². The minimum atomic E-state index is 0.862. The summed E-state index contributed by atoms with van der Waals surface area (Å²) < 4.78 is 7.27. The van der Waals surface area contributed by atoms with Gasteiger partial charge in [-0.15, -0.1) is 0 Å². The second-order valence-electron chi connectivity index (χ2n) is 5.99. The first-order valence-corrected chi connectivity index (χ1v) is 8.95. The molecule has 4 aromatic rings. The fourth-order valence-electron chi connectivity index (χ4n) is 3.40. The first kappa shape index (κ1) is 14.6. The molecule has 0 amide bonds. The summed E-state index contributed by atoms with van der Waals surface area (Å²) in [6.07, 6.45) is 0. The van der Waals surface area contributed by atoms with Crippen molar-refractivity contribution in [1.29, 1.82) is 0 Å². The second kappa shape index (κ2) is 5.64. The third-order valence-corrected chi connectivity index (χ3v) is 5.18. The van der Waals surface area contributed by atoms with Crippen molar-refractivity contribution < 1.29 is 4.74 Å². The van der Waals surface area contributed by atoms with Gasteiger partial charge in [0.2, 0.25) is 0 Å². The van der Waals surface area contributed by atoms with Crippen LogP contribution in [0.25, 0.3) is 10.8 Å². The number of anilines is 3. The van der Waals surface area contributed by atoms with Gasteiger partial charge in [-0.25, -0.2) is 0 Å². The third kappa shape index (κ3) is 2.24. The minimum absolute atomic E-state index is 0.862. The normalized spacial score (nSPS) is 12.4. The van der Waals surface area contributed by atoms with E-state index in [0.29, 0.717) is 0 Å². The molecule has 0 saturated heterocycles. The molecule has 0 aliphatic carbocycles. The van der Waals surface area contributed by atoms with Crippen molar-refractivity contribution in [3.8, 4) is 11.5 Å². The molecule has 3 heteroatoms. The Hall–Kier alpha value is -2.78. The molecule has 1 aliphatic rings. The van der Waals surface area contributed by atoms with Crippen molar-refractivity contribution in [2.24, 2.45) is 0 Å². The molecule has 2 nitrogen and oxygen atoms in total. The molecule has 0 radical (unpaired) electrons. The van der Waals surface area contributed by atoms with Gasteiger partial charge in [-0.3, -0.25) is 0 Å². The Balaban J connectivity index is 1.89. The zero-order chi connectivity index (χ0) is 16.8. The fraction of sp³-hybridized carbons (Fsp3) is 0. The van der Waals surface area contributed by atoms with Crippen molar-refractivity contribution >= 4 is 43.8 Å². The van der Waals surface area contributed by atoms with Gasteiger partial charge in [-0.1, -0.05) is 54.6 Å². The van der Waals surface area contributed by atoms with Crippen LogP contribution in [0.2, 0.25) is 0 Å².